The highest BCUT2D eigenvalue weighted by atomic mass is 127. The van der Waals surface area contributed by atoms with Gasteiger partial charge in [0.2, 0.25) is 0 Å². The number of hydrogen-bond acceptors (Lipinski definition) is 6. The molecule has 0 amide bonds. The number of carbonyl (C=O) groups is 1. The van der Waals surface area contributed by atoms with E-state index in [1.807, 2.05) is 0 Å². The van der Waals surface area contributed by atoms with Crippen molar-refractivity contribution in [2.24, 2.45) is 10.9 Å². The van der Waals surface area contributed by atoms with Crippen molar-refractivity contribution in [2.45, 2.75) is 33.4 Å². The molecule has 0 saturated carbocycles. The maximum atomic E-state index is 11.7. The first-order chi connectivity index (χ1) is 15.0. The van der Waals surface area contributed by atoms with Crippen LogP contribution < -0.4 is 15.4 Å². The zero-order chi connectivity index (χ0) is 22.2. The molecule has 1 aliphatic rings. The van der Waals surface area contributed by atoms with Gasteiger partial charge in [-0.3, -0.25) is 4.99 Å². The van der Waals surface area contributed by atoms with E-state index in [-0.39, 0.29) is 24.0 Å². The van der Waals surface area contributed by atoms with Gasteiger partial charge in [0.15, 0.2) is 5.96 Å². The van der Waals surface area contributed by atoms with Gasteiger partial charge in [-0.05, 0) is 38.0 Å². The molecule has 8 nitrogen and oxygen atoms in total. The number of halogens is 1. The largest absolute Gasteiger partial charge is 0.493 e. The predicted molar refractivity (Wildman–Crippen MR) is 133 cm³/mol. The second-order valence-corrected chi connectivity index (χ2v) is 7.61. The molecule has 1 aromatic carbocycles. The van der Waals surface area contributed by atoms with E-state index in [2.05, 4.69) is 40.7 Å². The van der Waals surface area contributed by atoms with Gasteiger partial charge in [0, 0.05) is 31.7 Å². The number of ether oxygens (including phenoxy) is 3. The summed E-state index contributed by atoms with van der Waals surface area (Å²) >= 11 is 0. The van der Waals surface area contributed by atoms with Gasteiger partial charge in [-0.1, -0.05) is 12.1 Å². The second kappa shape index (κ2) is 12.7. The highest BCUT2D eigenvalue weighted by Crippen LogP contribution is 2.23. The monoisotopic (exact) mass is 557 g/mol. The number of esters is 1. The van der Waals surface area contributed by atoms with Crippen LogP contribution in [0.4, 0.5) is 0 Å². The van der Waals surface area contributed by atoms with E-state index in [9.17, 15) is 4.79 Å². The molecule has 1 aromatic heterocycles. The molecule has 32 heavy (non-hydrogen) atoms. The molecule has 9 heteroatoms. The summed E-state index contributed by atoms with van der Waals surface area (Å²) in [5.74, 6) is 2.68. The molecule has 2 N–H and O–H groups in total. The number of furan rings is 1. The quantitative estimate of drug-likeness (QED) is 0.222. The van der Waals surface area contributed by atoms with Gasteiger partial charge in [-0.15, -0.1) is 24.0 Å². The van der Waals surface area contributed by atoms with Gasteiger partial charge >= 0.3 is 5.97 Å². The van der Waals surface area contributed by atoms with Crippen LogP contribution in [0.5, 0.6) is 5.75 Å². The zero-order valence-corrected chi connectivity index (χ0v) is 21.4. The predicted octanol–water partition coefficient (Wildman–Crippen LogP) is 3.58. The van der Waals surface area contributed by atoms with Gasteiger partial charge in [-0.25, -0.2) is 4.79 Å². The number of hydrogen-bond donors (Lipinski definition) is 2. The number of nitrogens with zero attached hydrogens (tertiary/aromatic N) is 1. The first kappa shape index (κ1) is 26.0. The number of rotatable bonds is 8. The topological polar surface area (TPSA) is 94.3 Å². The van der Waals surface area contributed by atoms with E-state index in [4.69, 9.17) is 18.6 Å². The Morgan fingerprint density at radius 1 is 1.22 bits per heavy atom. The lowest BCUT2D eigenvalue weighted by Gasteiger charge is -2.16. The third-order valence-corrected chi connectivity index (χ3v) is 5.20. The van der Waals surface area contributed by atoms with Crippen LogP contribution >= 0.6 is 24.0 Å². The van der Waals surface area contributed by atoms with Crippen molar-refractivity contribution >= 4 is 35.9 Å². The summed E-state index contributed by atoms with van der Waals surface area (Å²) < 4.78 is 21.9. The number of guanidine groups is 1. The lowest BCUT2D eigenvalue weighted by molar-refractivity contribution is 0.0599. The number of methoxy groups -OCH3 is 1. The summed E-state index contributed by atoms with van der Waals surface area (Å²) in [5.41, 5.74) is 2.63. The molecule has 2 heterocycles. The van der Waals surface area contributed by atoms with Crippen LogP contribution in [0.2, 0.25) is 0 Å². The Kier molecular flexibility index (Phi) is 10.3. The minimum Gasteiger partial charge on any atom is -0.493 e. The Hall–Kier alpha value is -2.27. The van der Waals surface area contributed by atoms with E-state index in [0.29, 0.717) is 48.7 Å². The highest BCUT2D eigenvalue weighted by Gasteiger charge is 2.18. The fourth-order valence-corrected chi connectivity index (χ4v) is 3.38. The summed E-state index contributed by atoms with van der Waals surface area (Å²) in [7, 11) is 3.05. The summed E-state index contributed by atoms with van der Waals surface area (Å²) in [6.45, 7) is 6.96. The molecule has 176 valence electrons. The Morgan fingerprint density at radius 3 is 2.69 bits per heavy atom. The highest BCUT2D eigenvalue weighted by molar-refractivity contribution is 14.0. The summed E-state index contributed by atoms with van der Waals surface area (Å²) in [6.07, 6.45) is 1.04. The average molecular weight is 557 g/mol. The lowest BCUT2D eigenvalue weighted by Crippen LogP contribution is -2.36. The minimum absolute atomic E-state index is 0. The maximum Gasteiger partial charge on any atom is 0.341 e. The van der Waals surface area contributed by atoms with Gasteiger partial charge in [0.05, 0.1) is 26.9 Å². The molecule has 3 rings (SSSR count). The SMILES string of the molecule is CN=C(NCc1cc(C(=O)OC)c(C)o1)NCc1ccc(C)cc1OCC1CCOC1.I. The van der Waals surface area contributed by atoms with E-state index in [0.717, 1.165) is 36.5 Å². The van der Waals surface area contributed by atoms with Crippen molar-refractivity contribution in [1.29, 1.82) is 0 Å². The molecule has 2 aromatic rings. The molecular weight excluding hydrogens is 525 g/mol. The normalized spacial score (nSPS) is 15.8. The Morgan fingerprint density at radius 2 is 2.00 bits per heavy atom. The van der Waals surface area contributed by atoms with Gasteiger partial charge in [0.1, 0.15) is 22.8 Å². The second-order valence-electron chi connectivity index (χ2n) is 7.61. The van der Waals surface area contributed by atoms with Crippen molar-refractivity contribution in [3.63, 3.8) is 0 Å². The fourth-order valence-electron chi connectivity index (χ4n) is 3.38. The lowest BCUT2D eigenvalue weighted by atomic mass is 10.1. The minimum atomic E-state index is -0.411. The van der Waals surface area contributed by atoms with Crippen molar-refractivity contribution in [3.8, 4) is 5.75 Å². The van der Waals surface area contributed by atoms with E-state index in [1.54, 1.807) is 20.0 Å². The Balaban J connectivity index is 0.00000363. The third kappa shape index (κ3) is 7.13. The fraction of sp³-hybridized carbons (Fsp3) is 0.478. The molecule has 1 fully saturated rings. The van der Waals surface area contributed by atoms with E-state index in [1.165, 1.54) is 7.11 Å². The molecule has 0 aliphatic carbocycles. The summed E-state index contributed by atoms with van der Waals surface area (Å²) in [4.78, 5) is 16.0. The van der Waals surface area contributed by atoms with E-state index >= 15 is 0 Å². The molecule has 1 saturated heterocycles. The van der Waals surface area contributed by atoms with Crippen LogP contribution in [-0.4, -0.2) is 45.9 Å². The Labute approximate surface area is 206 Å². The number of aliphatic imine (C=N–C) groups is 1. The van der Waals surface area contributed by atoms with Crippen LogP contribution in [0.3, 0.4) is 0 Å². The number of aryl methyl sites for hydroxylation is 2. The molecule has 0 radical (unpaired) electrons. The number of nitrogens with one attached hydrogen (secondary N) is 2. The third-order valence-electron chi connectivity index (χ3n) is 5.20. The van der Waals surface area contributed by atoms with Crippen LogP contribution in [0.1, 0.15) is 39.4 Å². The van der Waals surface area contributed by atoms with Gasteiger partial charge in [-0.2, -0.15) is 0 Å². The number of benzene rings is 1. The molecular formula is C23H32IN3O5. The van der Waals surface area contributed by atoms with Crippen LogP contribution in [0, 0.1) is 19.8 Å². The first-order valence-corrected chi connectivity index (χ1v) is 10.4. The van der Waals surface area contributed by atoms with Crippen LogP contribution in [0.15, 0.2) is 33.7 Å². The summed E-state index contributed by atoms with van der Waals surface area (Å²) in [6, 6.07) is 7.87. The number of carbonyl (C=O) groups excluding carboxylic acids is 1. The van der Waals surface area contributed by atoms with E-state index < -0.39 is 5.97 Å². The molecule has 1 unspecified atom stereocenters. The van der Waals surface area contributed by atoms with Crippen molar-refractivity contribution in [3.05, 3.63) is 52.5 Å². The molecule has 1 atom stereocenters. The molecule has 0 spiro atoms. The van der Waals surface area contributed by atoms with Crippen LogP contribution in [0.25, 0.3) is 0 Å². The molecule has 1 aliphatic heterocycles. The standard InChI is InChI=1S/C23H31N3O5.HI/c1-15-5-6-18(21(9-15)30-14-17-7-8-29-13-17)11-25-23(24-3)26-12-19-10-20(16(2)31-19)22(27)28-4;/h5-6,9-10,17H,7-8,11-14H2,1-4H3,(H2,24,25,26);1H. The first-order valence-electron chi connectivity index (χ1n) is 10.4. The zero-order valence-electron chi connectivity index (χ0n) is 19.0. The summed E-state index contributed by atoms with van der Waals surface area (Å²) in [5, 5.41) is 6.50. The molecule has 0 bridgehead atoms. The van der Waals surface area contributed by atoms with Gasteiger partial charge < -0.3 is 29.3 Å². The van der Waals surface area contributed by atoms with Gasteiger partial charge in [0.25, 0.3) is 0 Å². The Bertz CT molecular complexity index is 922. The van der Waals surface area contributed by atoms with Crippen molar-refractivity contribution < 1.29 is 23.4 Å². The average Bonchev–Trinajstić information content (AvgIpc) is 3.42. The van der Waals surface area contributed by atoms with Crippen LogP contribution in [-0.2, 0) is 22.6 Å². The smallest absolute Gasteiger partial charge is 0.341 e. The van der Waals surface area contributed by atoms with Crippen molar-refractivity contribution in [1.82, 2.24) is 10.6 Å². The maximum absolute atomic E-state index is 11.7. The van der Waals surface area contributed by atoms with Crippen molar-refractivity contribution in [2.75, 3.05) is 34.0 Å².